The molecule has 2 aliphatic heterocycles. The first-order chi connectivity index (χ1) is 8.39. The number of rotatable bonds is 1. The molecule has 2 atom stereocenters. The van der Waals surface area contributed by atoms with Crippen molar-refractivity contribution in [1.29, 1.82) is 0 Å². The Hall–Kier alpha value is -1.82. The van der Waals surface area contributed by atoms with Crippen LogP contribution in [-0.2, 0) is 15.7 Å². The van der Waals surface area contributed by atoms with Gasteiger partial charge in [0.2, 0.25) is 0 Å². The molecule has 2 bridgehead atoms. The molecule has 1 N–H and O–H groups in total. The lowest BCUT2D eigenvalue weighted by atomic mass is 9.88. The number of carbonyl (C=O) groups is 1. The summed E-state index contributed by atoms with van der Waals surface area (Å²) in [6, 6.07) is 3.73. The van der Waals surface area contributed by atoms with E-state index in [-0.39, 0.29) is 11.1 Å². The lowest BCUT2D eigenvalue weighted by Gasteiger charge is -2.16. The summed E-state index contributed by atoms with van der Waals surface area (Å²) in [6.07, 6.45) is -5.01. The van der Waals surface area contributed by atoms with Crippen LogP contribution in [0, 0.1) is 0 Å². The Morgan fingerprint density at radius 2 is 2.06 bits per heavy atom. The van der Waals surface area contributed by atoms with Crippen LogP contribution in [-0.4, -0.2) is 11.1 Å². The van der Waals surface area contributed by atoms with Crippen LogP contribution in [0.15, 0.2) is 29.8 Å². The molecule has 3 rings (SSSR count). The van der Waals surface area contributed by atoms with E-state index in [2.05, 4.69) is 0 Å². The van der Waals surface area contributed by atoms with Gasteiger partial charge in [-0.2, -0.15) is 13.2 Å². The molecule has 1 aromatic carbocycles. The van der Waals surface area contributed by atoms with E-state index in [4.69, 9.17) is 9.84 Å². The largest absolute Gasteiger partial charge is 0.478 e. The number of fused-ring (bicyclic) bond motifs is 5. The third kappa shape index (κ3) is 1.38. The van der Waals surface area contributed by atoms with Crippen LogP contribution < -0.4 is 0 Å². The number of hydrogen-bond donors (Lipinski definition) is 1. The Balaban J connectivity index is 2.15. The fraction of sp³-hybridized carbons (Fsp3) is 0.250. The zero-order chi connectivity index (χ0) is 13.1. The zero-order valence-corrected chi connectivity index (χ0v) is 8.86. The molecule has 94 valence electrons. The summed E-state index contributed by atoms with van der Waals surface area (Å²) in [7, 11) is 0. The maximum Gasteiger partial charge on any atom is 0.416 e. The summed E-state index contributed by atoms with van der Waals surface area (Å²) in [5.74, 6) is -1.16. The first kappa shape index (κ1) is 11.3. The normalized spacial score (nSPS) is 24.9. The van der Waals surface area contributed by atoms with Gasteiger partial charge in [0.05, 0.1) is 11.1 Å². The van der Waals surface area contributed by atoms with Crippen molar-refractivity contribution >= 4 is 5.97 Å². The van der Waals surface area contributed by atoms with Crippen LogP contribution >= 0.6 is 0 Å². The molecule has 1 aromatic rings. The third-order valence-electron chi connectivity index (χ3n) is 3.16. The lowest BCUT2D eigenvalue weighted by Crippen LogP contribution is -2.14. The van der Waals surface area contributed by atoms with Gasteiger partial charge in [0.25, 0.3) is 0 Å². The SMILES string of the molecule is O=C(O)C1=C[C@@H]2O[C@H]1c1cccc(C(F)(F)F)c12. The molecule has 0 fully saturated rings. The summed E-state index contributed by atoms with van der Waals surface area (Å²) in [5, 5.41) is 8.92. The first-order valence-corrected chi connectivity index (χ1v) is 5.20. The molecule has 0 amide bonds. The van der Waals surface area contributed by atoms with Gasteiger partial charge in [-0.1, -0.05) is 12.1 Å². The van der Waals surface area contributed by atoms with Crippen molar-refractivity contribution in [2.45, 2.75) is 18.4 Å². The molecule has 0 spiro atoms. The van der Waals surface area contributed by atoms with Crippen molar-refractivity contribution in [3.05, 3.63) is 46.5 Å². The Morgan fingerprint density at radius 3 is 2.67 bits per heavy atom. The molecule has 2 heterocycles. The van der Waals surface area contributed by atoms with Gasteiger partial charge >= 0.3 is 12.1 Å². The Bertz CT molecular complexity index is 574. The van der Waals surface area contributed by atoms with Gasteiger partial charge in [-0.05, 0) is 17.7 Å². The quantitative estimate of drug-likeness (QED) is 0.840. The molecule has 2 aliphatic rings. The van der Waals surface area contributed by atoms with E-state index in [9.17, 15) is 18.0 Å². The fourth-order valence-corrected chi connectivity index (χ4v) is 2.46. The molecular formula is C12H7F3O3. The van der Waals surface area contributed by atoms with Crippen molar-refractivity contribution in [1.82, 2.24) is 0 Å². The third-order valence-corrected chi connectivity index (χ3v) is 3.16. The van der Waals surface area contributed by atoms with Crippen molar-refractivity contribution in [3.63, 3.8) is 0 Å². The molecule has 0 saturated carbocycles. The van der Waals surface area contributed by atoms with Crippen LogP contribution in [0.3, 0.4) is 0 Å². The van der Waals surface area contributed by atoms with Gasteiger partial charge in [0, 0.05) is 5.56 Å². The number of carboxylic acid groups (broad SMARTS) is 1. The second kappa shape index (κ2) is 3.35. The Labute approximate surface area is 99.5 Å². The second-order valence-electron chi connectivity index (χ2n) is 4.17. The van der Waals surface area contributed by atoms with E-state index < -0.39 is 29.9 Å². The fourth-order valence-electron chi connectivity index (χ4n) is 2.46. The van der Waals surface area contributed by atoms with Gasteiger partial charge in [0.1, 0.15) is 12.2 Å². The molecule has 0 saturated heterocycles. The van der Waals surface area contributed by atoms with E-state index in [0.717, 1.165) is 6.07 Å². The lowest BCUT2D eigenvalue weighted by molar-refractivity contribution is -0.139. The minimum absolute atomic E-state index is 0.00632. The average Bonchev–Trinajstić information content (AvgIpc) is 2.85. The van der Waals surface area contributed by atoms with E-state index in [1.165, 1.54) is 18.2 Å². The van der Waals surface area contributed by atoms with Crippen LogP contribution in [0.25, 0.3) is 0 Å². The molecule has 0 radical (unpaired) electrons. The molecule has 18 heavy (non-hydrogen) atoms. The van der Waals surface area contributed by atoms with E-state index >= 15 is 0 Å². The minimum atomic E-state index is -4.46. The first-order valence-electron chi connectivity index (χ1n) is 5.20. The highest BCUT2D eigenvalue weighted by molar-refractivity contribution is 5.90. The number of halogens is 3. The topological polar surface area (TPSA) is 46.5 Å². The molecule has 3 nitrogen and oxygen atoms in total. The van der Waals surface area contributed by atoms with Crippen LogP contribution in [0.2, 0.25) is 0 Å². The minimum Gasteiger partial charge on any atom is -0.478 e. The summed E-state index contributed by atoms with van der Waals surface area (Å²) in [5.41, 5.74) is -0.408. The zero-order valence-electron chi connectivity index (χ0n) is 8.86. The van der Waals surface area contributed by atoms with E-state index in [1.54, 1.807) is 0 Å². The Morgan fingerprint density at radius 1 is 1.33 bits per heavy atom. The number of benzene rings is 1. The van der Waals surface area contributed by atoms with Crippen molar-refractivity contribution in [3.8, 4) is 0 Å². The van der Waals surface area contributed by atoms with Gasteiger partial charge in [-0.3, -0.25) is 0 Å². The van der Waals surface area contributed by atoms with E-state index in [0.29, 0.717) is 5.56 Å². The highest BCUT2D eigenvalue weighted by Crippen LogP contribution is 2.53. The molecule has 0 aromatic heterocycles. The van der Waals surface area contributed by atoms with Gasteiger partial charge < -0.3 is 9.84 Å². The highest BCUT2D eigenvalue weighted by atomic mass is 19.4. The van der Waals surface area contributed by atoms with Gasteiger partial charge in [-0.25, -0.2) is 4.79 Å². The molecule has 0 unspecified atom stereocenters. The number of aliphatic carboxylic acids is 1. The smallest absolute Gasteiger partial charge is 0.416 e. The predicted molar refractivity (Wildman–Crippen MR) is 53.7 cm³/mol. The van der Waals surface area contributed by atoms with Crippen molar-refractivity contribution in [2.24, 2.45) is 0 Å². The average molecular weight is 256 g/mol. The standard InChI is InChI=1S/C12H7F3O3/c13-12(14,15)7-3-1-2-5-9(7)8-4-6(11(16)17)10(5)18-8/h1-4,8,10H,(H,16,17)/t8-,10-/m0/s1. The van der Waals surface area contributed by atoms with Gasteiger partial charge in [-0.15, -0.1) is 0 Å². The monoisotopic (exact) mass is 256 g/mol. The van der Waals surface area contributed by atoms with Crippen LogP contribution in [0.5, 0.6) is 0 Å². The number of hydrogen-bond acceptors (Lipinski definition) is 2. The summed E-state index contributed by atoms with van der Waals surface area (Å²) in [4.78, 5) is 10.9. The number of ether oxygens (including phenoxy) is 1. The number of alkyl halides is 3. The molecule has 0 aliphatic carbocycles. The molecular weight excluding hydrogens is 249 g/mol. The van der Waals surface area contributed by atoms with Gasteiger partial charge in [0.15, 0.2) is 0 Å². The maximum absolute atomic E-state index is 12.8. The summed E-state index contributed by atoms with van der Waals surface area (Å²) in [6.45, 7) is 0. The molecule has 6 heteroatoms. The highest BCUT2D eigenvalue weighted by Gasteiger charge is 2.47. The number of carboxylic acids is 1. The van der Waals surface area contributed by atoms with E-state index in [1.807, 2.05) is 0 Å². The maximum atomic E-state index is 12.8. The van der Waals surface area contributed by atoms with Crippen LogP contribution in [0.4, 0.5) is 13.2 Å². The van der Waals surface area contributed by atoms with Crippen molar-refractivity contribution in [2.75, 3.05) is 0 Å². The van der Waals surface area contributed by atoms with Crippen LogP contribution in [0.1, 0.15) is 28.9 Å². The summed E-state index contributed by atoms with van der Waals surface area (Å²) >= 11 is 0. The second-order valence-corrected chi connectivity index (χ2v) is 4.17. The summed E-state index contributed by atoms with van der Waals surface area (Å²) < 4.78 is 43.8. The Kier molecular flexibility index (Phi) is 2.10. The van der Waals surface area contributed by atoms with Crippen molar-refractivity contribution < 1.29 is 27.8 Å². The predicted octanol–water partition coefficient (Wildman–Crippen LogP) is 2.84.